The van der Waals surface area contributed by atoms with Gasteiger partial charge in [0.05, 0.1) is 5.02 Å². The first-order valence-corrected chi connectivity index (χ1v) is 7.44. The van der Waals surface area contributed by atoms with Gasteiger partial charge in [0.25, 0.3) is 0 Å². The number of benzene rings is 1. The van der Waals surface area contributed by atoms with Gasteiger partial charge in [-0.2, -0.15) is 0 Å². The van der Waals surface area contributed by atoms with Crippen molar-refractivity contribution in [1.29, 1.82) is 0 Å². The van der Waals surface area contributed by atoms with Gasteiger partial charge in [-0.3, -0.25) is 0 Å². The first-order valence-electron chi connectivity index (χ1n) is 5.89. The fourth-order valence-electron chi connectivity index (χ4n) is 1.99. The van der Waals surface area contributed by atoms with E-state index in [9.17, 15) is 0 Å². The summed E-state index contributed by atoms with van der Waals surface area (Å²) < 4.78 is 0.928. The maximum absolute atomic E-state index is 6.27. The third-order valence-corrected chi connectivity index (χ3v) is 3.95. The number of aryl methyl sites for hydroxylation is 1. The zero-order chi connectivity index (χ0) is 14.2. The first-order chi connectivity index (χ1) is 8.90. The van der Waals surface area contributed by atoms with Crippen LogP contribution in [0, 0.1) is 6.92 Å². The minimum absolute atomic E-state index is 0.291. The minimum Gasteiger partial charge on any atom is -0.233 e. The van der Waals surface area contributed by atoms with Crippen LogP contribution in [-0.2, 0) is 0 Å². The molecule has 100 valence electrons. The van der Waals surface area contributed by atoms with Gasteiger partial charge in [-0.05, 0) is 31.0 Å². The molecule has 1 aromatic heterocycles. The van der Waals surface area contributed by atoms with Gasteiger partial charge in [0, 0.05) is 21.3 Å². The summed E-state index contributed by atoms with van der Waals surface area (Å²) >= 11 is 15.9. The van der Waals surface area contributed by atoms with E-state index in [1.807, 2.05) is 25.1 Å². The van der Waals surface area contributed by atoms with Crippen molar-refractivity contribution in [3.63, 3.8) is 0 Å². The summed E-state index contributed by atoms with van der Waals surface area (Å²) in [5, 5.41) is 1.10. The van der Waals surface area contributed by atoms with E-state index in [1.165, 1.54) is 0 Å². The molecule has 19 heavy (non-hydrogen) atoms. The summed E-state index contributed by atoms with van der Waals surface area (Å²) in [4.78, 5) is 8.90. The second-order valence-corrected chi connectivity index (χ2v) is 6.30. The Hall–Kier alpha value is -0.640. The molecule has 0 spiro atoms. The highest BCUT2D eigenvalue weighted by Gasteiger charge is 2.15. The van der Waals surface area contributed by atoms with Crippen molar-refractivity contribution in [2.75, 3.05) is 0 Å². The molecule has 0 aliphatic rings. The molecule has 1 heterocycles. The standard InChI is InChI=1S/C14H13BrCl2N2/c1-7(2)12-8(3)18-14(19-13(12)17)10-6-9(15)4-5-11(10)16/h4-7H,1-3H3. The maximum atomic E-state index is 6.27. The molecule has 0 atom stereocenters. The molecule has 0 saturated heterocycles. The number of nitrogens with zero attached hydrogens (tertiary/aromatic N) is 2. The third-order valence-electron chi connectivity index (χ3n) is 2.84. The lowest BCUT2D eigenvalue weighted by molar-refractivity contribution is 0.831. The van der Waals surface area contributed by atoms with Crippen LogP contribution in [0.2, 0.25) is 10.2 Å². The van der Waals surface area contributed by atoms with Crippen molar-refractivity contribution in [2.45, 2.75) is 26.7 Å². The molecule has 2 aromatic rings. The summed E-state index contributed by atoms with van der Waals surface area (Å²) in [6.07, 6.45) is 0. The van der Waals surface area contributed by atoms with Crippen LogP contribution < -0.4 is 0 Å². The summed E-state index contributed by atoms with van der Waals surface area (Å²) in [5.41, 5.74) is 2.65. The number of hydrogen-bond acceptors (Lipinski definition) is 2. The van der Waals surface area contributed by atoms with Gasteiger partial charge in [-0.25, -0.2) is 9.97 Å². The molecule has 0 saturated carbocycles. The van der Waals surface area contributed by atoms with Gasteiger partial charge in [-0.15, -0.1) is 0 Å². The van der Waals surface area contributed by atoms with E-state index in [-0.39, 0.29) is 0 Å². The van der Waals surface area contributed by atoms with Crippen molar-refractivity contribution >= 4 is 39.1 Å². The molecule has 0 aliphatic heterocycles. The third kappa shape index (κ3) is 3.10. The molecule has 0 N–H and O–H groups in total. The van der Waals surface area contributed by atoms with Crippen LogP contribution in [0.4, 0.5) is 0 Å². The van der Waals surface area contributed by atoms with Crippen molar-refractivity contribution in [2.24, 2.45) is 0 Å². The quantitative estimate of drug-likeness (QED) is 0.648. The van der Waals surface area contributed by atoms with Crippen LogP contribution in [0.3, 0.4) is 0 Å². The number of rotatable bonds is 2. The van der Waals surface area contributed by atoms with Gasteiger partial charge in [0.2, 0.25) is 0 Å². The molecule has 5 heteroatoms. The fourth-order valence-corrected chi connectivity index (χ4v) is 2.99. The smallest absolute Gasteiger partial charge is 0.162 e. The van der Waals surface area contributed by atoms with Crippen LogP contribution in [0.25, 0.3) is 11.4 Å². The molecular weight excluding hydrogens is 347 g/mol. The fraction of sp³-hybridized carbons (Fsp3) is 0.286. The highest BCUT2D eigenvalue weighted by molar-refractivity contribution is 9.10. The summed E-state index contributed by atoms with van der Waals surface area (Å²) in [7, 11) is 0. The summed E-state index contributed by atoms with van der Waals surface area (Å²) in [6, 6.07) is 5.58. The minimum atomic E-state index is 0.291. The Bertz CT molecular complexity index is 604. The Morgan fingerprint density at radius 3 is 2.42 bits per heavy atom. The molecule has 0 amide bonds. The topological polar surface area (TPSA) is 25.8 Å². The Morgan fingerprint density at radius 2 is 1.84 bits per heavy atom. The molecule has 0 radical (unpaired) electrons. The van der Waals surface area contributed by atoms with Gasteiger partial charge >= 0.3 is 0 Å². The molecule has 1 aromatic carbocycles. The zero-order valence-corrected chi connectivity index (χ0v) is 13.9. The van der Waals surface area contributed by atoms with Gasteiger partial charge in [0.15, 0.2) is 5.82 Å². The van der Waals surface area contributed by atoms with Crippen LogP contribution >= 0.6 is 39.1 Å². The van der Waals surface area contributed by atoms with Gasteiger partial charge < -0.3 is 0 Å². The molecule has 0 unspecified atom stereocenters. The Morgan fingerprint density at radius 1 is 1.16 bits per heavy atom. The lowest BCUT2D eigenvalue weighted by atomic mass is 10.0. The lowest BCUT2D eigenvalue weighted by Gasteiger charge is -2.13. The van der Waals surface area contributed by atoms with Crippen molar-refractivity contribution in [3.8, 4) is 11.4 Å². The second kappa shape index (κ2) is 5.78. The average Bonchev–Trinajstić information content (AvgIpc) is 2.30. The van der Waals surface area contributed by atoms with E-state index in [0.29, 0.717) is 21.9 Å². The largest absolute Gasteiger partial charge is 0.233 e. The Labute approximate surface area is 131 Å². The van der Waals surface area contributed by atoms with E-state index in [0.717, 1.165) is 21.3 Å². The van der Waals surface area contributed by atoms with Crippen molar-refractivity contribution in [1.82, 2.24) is 9.97 Å². The van der Waals surface area contributed by atoms with Crippen molar-refractivity contribution in [3.05, 3.63) is 44.1 Å². The summed E-state index contributed by atoms with van der Waals surface area (Å²) in [5.74, 6) is 0.845. The molecule has 2 nitrogen and oxygen atoms in total. The average molecular weight is 360 g/mol. The first kappa shape index (κ1) is 14.8. The molecule has 2 rings (SSSR count). The second-order valence-electron chi connectivity index (χ2n) is 4.62. The van der Waals surface area contributed by atoms with Crippen LogP contribution in [-0.4, -0.2) is 9.97 Å². The number of hydrogen-bond donors (Lipinski definition) is 0. The molecular formula is C14H13BrCl2N2. The number of halogens is 3. The normalized spacial score (nSPS) is 11.1. The molecule has 0 aliphatic carbocycles. The Kier molecular flexibility index (Phi) is 4.49. The predicted octanol–water partition coefficient (Wildman–Crippen LogP) is 5.64. The van der Waals surface area contributed by atoms with Crippen molar-refractivity contribution < 1.29 is 0 Å². The van der Waals surface area contributed by atoms with Crippen LogP contribution in [0.1, 0.15) is 31.0 Å². The zero-order valence-electron chi connectivity index (χ0n) is 10.8. The molecule has 0 bridgehead atoms. The number of aromatic nitrogens is 2. The van der Waals surface area contributed by atoms with E-state index in [4.69, 9.17) is 23.2 Å². The molecule has 0 fully saturated rings. The Balaban J connectivity index is 2.62. The monoisotopic (exact) mass is 358 g/mol. The SMILES string of the molecule is Cc1nc(-c2cc(Br)ccc2Cl)nc(Cl)c1C(C)C. The van der Waals surface area contributed by atoms with E-state index in [2.05, 4.69) is 39.7 Å². The highest BCUT2D eigenvalue weighted by atomic mass is 79.9. The van der Waals surface area contributed by atoms with Gasteiger partial charge in [0.1, 0.15) is 5.15 Å². The summed E-state index contributed by atoms with van der Waals surface area (Å²) in [6.45, 7) is 6.09. The predicted molar refractivity (Wildman–Crippen MR) is 84.0 cm³/mol. The lowest BCUT2D eigenvalue weighted by Crippen LogP contribution is -2.02. The van der Waals surface area contributed by atoms with E-state index < -0.39 is 0 Å². The van der Waals surface area contributed by atoms with Crippen LogP contribution in [0.15, 0.2) is 22.7 Å². The highest BCUT2D eigenvalue weighted by Crippen LogP contribution is 2.32. The van der Waals surface area contributed by atoms with Gasteiger partial charge in [-0.1, -0.05) is 53.0 Å². The van der Waals surface area contributed by atoms with E-state index >= 15 is 0 Å². The maximum Gasteiger partial charge on any atom is 0.162 e. The van der Waals surface area contributed by atoms with E-state index in [1.54, 1.807) is 0 Å². The van der Waals surface area contributed by atoms with Crippen LogP contribution in [0.5, 0.6) is 0 Å².